The first-order chi connectivity index (χ1) is 11.2. The second-order valence-corrected chi connectivity index (χ2v) is 4.90. The molecule has 0 spiro atoms. The number of amides is 2. The van der Waals surface area contributed by atoms with E-state index in [-0.39, 0.29) is 25.0 Å². The number of fused-ring (bicyclic) bond motifs is 1. The zero-order chi connectivity index (χ0) is 16.1. The van der Waals surface area contributed by atoms with Gasteiger partial charge in [0, 0.05) is 11.1 Å². The SMILES string of the molecule is O=C1COc2cc(C(=O)NCC#Cc3ccccc3)ccc2N1. The van der Waals surface area contributed by atoms with Gasteiger partial charge in [0.05, 0.1) is 12.2 Å². The summed E-state index contributed by atoms with van der Waals surface area (Å²) in [4.78, 5) is 23.3. The van der Waals surface area contributed by atoms with Crippen LogP contribution in [-0.4, -0.2) is 25.0 Å². The fourth-order valence-corrected chi connectivity index (χ4v) is 2.11. The summed E-state index contributed by atoms with van der Waals surface area (Å²) < 4.78 is 5.29. The van der Waals surface area contributed by atoms with Crippen LogP contribution in [0.25, 0.3) is 0 Å². The summed E-state index contributed by atoms with van der Waals surface area (Å²) in [5, 5.41) is 5.41. The summed E-state index contributed by atoms with van der Waals surface area (Å²) in [6, 6.07) is 14.4. The number of ether oxygens (including phenoxy) is 1. The quantitative estimate of drug-likeness (QED) is 0.831. The Morgan fingerprint density at radius 3 is 2.87 bits per heavy atom. The average molecular weight is 306 g/mol. The van der Waals surface area contributed by atoms with Gasteiger partial charge in [0.15, 0.2) is 6.61 Å². The number of nitrogens with one attached hydrogen (secondary N) is 2. The van der Waals surface area contributed by atoms with Crippen LogP contribution in [0.1, 0.15) is 15.9 Å². The van der Waals surface area contributed by atoms with Crippen LogP contribution >= 0.6 is 0 Å². The molecule has 114 valence electrons. The number of carbonyl (C=O) groups is 2. The Morgan fingerprint density at radius 1 is 1.22 bits per heavy atom. The van der Waals surface area contributed by atoms with Gasteiger partial charge in [0.1, 0.15) is 5.75 Å². The standard InChI is InChI=1S/C18H14N2O3/c21-17-12-23-16-11-14(8-9-15(16)20-17)18(22)19-10-4-7-13-5-2-1-3-6-13/h1-3,5-6,8-9,11H,10,12H2,(H,19,22)(H,20,21). The summed E-state index contributed by atoms with van der Waals surface area (Å²) in [5.74, 6) is 5.92. The molecule has 2 N–H and O–H groups in total. The van der Waals surface area contributed by atoms with Crippen LogP contribution in [0.15, 0.2) is 48.5 Å². The molecule has 23 heavy (non-hydrogen) atoms. The third-order valence-electron chi connectivity index (χ3n) is 3.22. The van der Waals surface area contributed by atoms with E-state index in [9.17, 15) is 9.59 Å². The Balaban J connectivity index is 1.61. The zero-order valence-electron chi connectivity index (χ0n) is 12.3. The minimum atomic E-state index is -0.240. The van der Waals surface area contributed by atoms with Gasteiger partial charge in [0.25, 0.3) is 11.8 Å². The van der Waals surface area contributed by atoms with Crippen molar-refractivity contribution >= 4 is 17.5 Å². The van der Waals surface area contributed by atoms with E-state index in [4.69, 9.17) is 4.74 Å². The highest BCUT2D eigenvalue weighted by atomic mass is 16.5. The molecule has 0 radical (unpaired) electrons. The van der Waals surface area contributed by atoms with Crippen LogP contribution in [0.4, 0.5) is 5.69 Å². The highest BCUT2D eigenvalue weighted by Gasteiger charge is 2.17. The maximum Gasteiger partial charge on any atom is 0.262 e. The third-order valence-corrected chi connectivity index (χ3v) is 3.22. The molecule has 2 aromatic carbocycles. The molecule has 0 fully saturated rings. The third kappa shape index (κ3) is 3.69. The first-order valence-corrected chi connectivity index (χ1v) is 7.11. The van der Waals surface area contributed by atoms with Crippen molar-refractivity contribution in [1.82, 2.24) is 5.32 Å². The van der Waals surface area contributed by atoms with Gasteiger partial charge in [0.2, 0.25) is 0 Å². The van der Waals surface area contributed by atoms with E-state index in [2.05, 4.69) is 22.5 Å². The van der Waals surface area contributed by atoms with Crippen LogP contribution in [0.2, 0.25) is 0 Å². The van der Waals surface area contributed by atoms with Crippen molar-refractivity contribution in [3.63, 3.8) is 0 Å². The van der Waals surface area contributed by atoms with E-state index in [1.165, 1.54) is 0 Å². The van der Waals surface area contributed by atoms with Crippen molar-refractivity contribution in [3.05, 3.63) is 59.7 Å². The summed E-state index contributed by atoms with van der Waals surface area (Å²) in [7, 11) is 0. The van der Waals surface area contributed by atoms with E-state index >= 15 is 0 Å². The number of anilines is 1. The number of hydrogen-bond acceptors (Lipinski definition) is 3. The molecule has 5 heteroatoms. The van der Waals surface area contributed by atoms with Crippen molar-refractivity contribution in [2.45, 2.75) is 0 Å². The number of hydrogen-bond donors (Lipinski definition) is 2. The van der Waals surface area contributed by atoms with Gasteiger partial charge in [-0.15, -0.1) is 0 Å². The van der Waals surface area contributed by atoms with E-state index in [1.54, 1.807) is 18.2 Å². The normalized spacial score (nSPS) is 12.1. The Kier molecular flexibility index (Phi) is 4.25. The van der Waals surface area contributed by atoms with Crippen LogP contribution in [0, 0.1) is 11.8 Å². The van der Waals surface area contributed by atoms with E-state index < -0.39 is 0 Å². The lowest BCUT2D eigenvalue weighted by atomic mass is 10.1. The predicted octanol–water partition coefficient (Wildman–Crippen LogP) is 1.80. The monoisotopic (exact) mass is 306 g/mol. The molecular formula is C18H14N2O3. The van der Waals surface area contributed by atoms with E-state index in [0.29, 0.717) is 17.0 Å². The van der Waals surface area contributed by atoms with Crippen molar-refractivity contribution in [2.24, 2.45) is 0 Å². The van der Waals surface area contributed by atoms with Gasteiger partial charge >= 0.3 is 0 Å². The molecule has 1 aliphatic heterocycles. The molecule has 2 amide bonds. The Hall–Kier alpha value is -3.26. The van der Waals surface area contributed by atoms with E-state index in [1.807, 2.05) is 30.3 Å². The molecule has 0 aromatic heterocycles. The van der Waals surface area contributed by atoms with Crippen molar-refractivity contribution in [2.75, 3.05) is 18.5 Å². The molecule has 3 rings (SSSR count). The minimum Gasteiger partial charge on any atom is -0.482 e. The number of rotatable bonds is 2. The largest absolute Gasteiger partial charge is 0.482 e. The maximum absolute atomic E-state index is 12.1. The Bertz CT molecular complexity index is 804. The molecule has 0 saturated heterocycles. The first kappa shape index (κ1) is 14.7. The highest BCUT2D eigenvalue weighted by Crippen LogP contribution is 2.28. The van der Waals surface area contributed by atoms with Gasteiger partial charge in [-0.05, 0) is 30.3 Å². The lowest BCUT2D eigenvalue weighted by molar-refractivity contribution is -0.118. The second-order valence-electron chi connectivity index (χ2n) is 4.90. The summed E-state index contributed by atoms with van der Waals surface area (Å²) >= 11 is 0. The van der Waals surface area contributed by atoms with Crippen molar-refractivity contribution < 1.29 is 14.3 Å². The van der Waals surface area contributed by atoms with Gasteiger partial charge in [-0.3, -0.25) is 9.59 Å². The van der Waals surface area contributed by atoms with Gasteiger partial charge < -0.3 is 15.4 Å². The fraction of sp³-hybridized carbons (Fsp3) is 0.111. The van der Waals surface area contributed by atoms with E-state index in [0.717, 1.165) is 5.56 Å². The fourth-order valence-electron chi connectivity index (χ4n) is 2.11. The topological polar surface area (TPSA) is 67.4 Å². The summed E-state index contributed by atoms with van der Waals surface area (Å²) in [6.45, 7) is 0.211. The molecule has 1 heterocycles. The van der Waals surface area contributed by atoms with Crippen LogP contribution in [0.3, 0.4) is 0 Å². The van der Waals surface area contributed by atoms with Crippen molar-refractivity contribution in [1.29, 1.82) is 0 Å². The molecule has 0 atom stereocenters. The summed E-state index contributed by atoms with van der Waals surface area (Å²) in [5.41, 5.74) is 1.93. The first-order valence-electron chi connectivity index (χ1n) is 7.11. The smallest absolute Gasteiger partial charge is 0.262 e. The van der Waals surface area contributed by atoms with Crippen LogP contribution < -0.4 is 15.4 Å². The van der Waals surface area contributed by atoms with Crippen molar-refractivity contribution in [3.8, 4) is 17.6 Å². The minimum absolute atomic E-state index is 0.0410. The highest BCUT2D eigenvalue weighted by molar-refractivity contribution is 5.99. The molecular weight excluding hydrogens is 292 g/mol. The molecule has 1 aliphatic rings. The lowest BCUT2D eigenvalue weighted by Gasteiger charge is -2.18. The average Bonchev–Trinajstić information content (AvgIpc) is 2.59. The number of benzene rings is 2. The molecule has 0 aliphatic carbocycles. The number of carbonyl (C=O) groups excluding carboxylic acids is 2. The Labute approximate surface area is 133 Å². The lowest BCUT2D eigenvalue weighted by Crippen LogP contribution is -2.27. The second kappa shape index (κ2) is 6.67. The zero-order valence-corrected chi connectivity index (χ0v) is 12.3. The summed E-state index contributed by atoms with van der Waals surface area (Å²) in [6.07, 6.45) is 0. The van der Waals surface area contributed by atoms with Crippen LogP contribution in [0.5, 0.6) is 5.75 Å². The molecule has 5 nitrogen and oxygen atoms in total. The molecule has 0 unspecified atom stereocenters. The molecule has 0 bridgehead atoms. The molecule has 0 saturated carbocycles. The molecule has 2 aromatic rings. The van der Waals surface area contributed by atoms with Gasteiger partial charge in [-0.2, -0.15) is 0 Å². The maximum atomic E-state index is 12.1. The van der Waals surface area contributed by atoms with Gasteiger partial charge in [-0.1, -0.05) is 30.0 Å². The Morgan fingerprint density at radius 2 is 2.04 bits per heavy atom. The predicted molar refractivity (Wildman–Crippen MR) is 86.2 cm³/mol. The van der Waals surface area contributed by atoms with Crippen LogP contribution in [-0.2, 0) is 4.79 Å². The van der Waals surface area contributed by atoms with Gasteiger partial charge in [-0.25, -0.2) is 0 Å².